The van der Waals surface area contributed by atoms with Crippen LogP contribution in [0.3, 0.4) is 0 Å². The average Bonchev–Trinajstić information content (AvgIpc) is 3.11. The fraction of sp³-hybridized carbons (Fsp3) is 0.125. The number of sulfonamides is 1. The second-order valence-corrected chi connectivity index (χ2v) is 9.73. The van der Waals surface area contributed by atoms with E-state index in [1.54, 1.807) is 43.3 Å². The number of para-hydroxylation sites is 1. The number of nitrogens with one attached hydrogen (secondary N) is 2. The fourth-order valence-corrected chi connectivity index (χ4v) is 5.01. The number of anilines is 2. The first-order valence-electron chi connectivity index (χ1n) is 10.1. The molecule has 0 aliphatic heterocycles. The first-order valence-corrected chi connectivity index (χ1v) is 12.4. The highest BCUT2D eigenvalue weighted by Crippen LogP contribution is 2.35. The number of aryl methyl sites for hydroxylation is 1. The zero-order chi connectivity index (χ0) is 23.6. The SMILES string of the molecule is CCOc1ccc(S(=O)(=O)Nc2cc(Br)c3oc(C)c(C(=O)Nc4ccccc4)c3c2)cc1. The monoisotopic (exact) mass is 528 g/mol. The molecule has 0 unspecified atom stereocenters. The summed E-state index contributed by atoms with van der Waals surface area (Å²) in [7, 11) is -3.86. The maximum absolute atomic E-state index is 13.0. The minimum absolute atomic E-state index is 0.0904. The third kappa shape index (κ3) is 4.89. The number of carbonyl (C=O) groups excluding carboxylic acids is 1. The van der Waals surface area contributed by atoms with Crippen LogP contribution in [0.4, 0.5) is 11.4 Å². The summed E-state index contributed by atoms with van der Waals surface area (Å²) in [6, 6.07) is 18.4. The van der Waals surface area contributed by atoms with Crippen LogP contribution in [0.1, 0.15) is 23.0 Å². The van der Waals surface area contributed by atoms with Gasteiger partial charge in [0, 0.05) is 11.1 Å². The van der Waals surface area contributed by atoms with Gasteiger partial charge in [0.15, 0.2) is 0 Å². The van der Waals surface area contributed by atoms with E-state index in [4.69, 9.17) is 9.15 Å². The molecule has 4 aromatic rings. The molecule has 0 saturated heterocycles. The third-order valence-corrected chi connectivity index (χ3v) is 6.86. The van der Waals surface area contributed by atoms with Crippen molar-refractivity contribution in [1.29, 1.82) is 0 Å². The Hall–Kier alpha value is -3.30. The molecule has 0 atom stereocenters. The van der Waals surface area contributed by atoms with Gasteiger partial charge >= 0.3 is 0 Å². The molecule has 0 aliphatic rings. The number of carbonyl (C=O) groups is 1. The van der Waals surface area contributed by atoms with E-state index in [2.05, 4.69) is 26.0 Å². The topological polar surface area (TPSA) is 97.6 Å². The number of benzene rings is 3. The van der Waals surface area contributed by atoms with Crippen LogP contribution in [0.15, 0.2) is 80.5 Å². The summed E-state index contributed by atoms with van der Waals surface area (Å²) in [5, 5.41) is 3.33. The normalized spacial score (nSPS) is 11.4. The highest BCUT2D eigenvalue weighted by molar-refractivity contribution is 9.10. The van der Waals surface area contributed by atoms with E-state index in [1.165, 1.54) is 12.1 Å². The lowest BCUT2D eigenvalue weighted by atomic mass is 10.1. The molecule has 0 aliphatic carbocycles. The lowest BCUT2D eigenvalue weighted by molar-refractivity contribution is 0.102. The van der Waals surface area contributed by atoms with E-state index >= 15 is 0 Å². The van der Waals surface area contributed by atoms with Crippen LogP contribution in [-0.2, 0) is 10.0 Å². The van der Waals surface area contributed by atoms with Crippen molar-refractivity contribution >= 4 is 54.2 Å². The van der Waals surface area contributed by atoms with Gasteiger partial charge in [-0.25, -0.2) is 8.42 Å². The van der Waals surface area contributed by atoms with Gasteiger partial charge in [-0.15, -0.1) is 0 Å². The Morgan fingerprint density at radius 3 is 2.39 bits per heavy atom. The van der Waals surface area contributed by atoms with Crippen molar-refractivity contribution in [2.24, 2.45) is 0 Å². The molecular weight excluding hydrogens is 508 g/mol. The Bertz CT molecular complexity index is 1420. The Balaban J connectivity index is 1.68. The van der Waals surface area contributed by atoms with Crippen molar-refractivity contribution in [3.8, 4) is 5.75 Å². The molecule has 170 valence electrons. The van der Waals surface area contributed by atoms with Gasteiger partial charge in [-0.2, -0.15) is 0 Å². The van der Waals surface area contributed by atoms with Crippen molar-refractivity contribution in [3.63, 3.8) is 0 Å². The third-order valence-electron chi connectivity index (χ3n) is 4.88. The van der Waals surface area contributed by atoms with Gasteiger partial charge in [-0.1, -0.05) is 18.2 Å². The first kappa shape index (κ1) is 22.9. The molecule has 3 aromatic carbocycles. The summed E-state index contributed by atoms with van der Waals surface area (Å²) in [6.07, 6.45) is 0. The van der Waals surface area contributed by atoms with Gasteiger partial charge in [0.05, 0.1) is 27.2 Å². The number of fused-ring (bicyclic) bond motifs is 1. The van der Waals surface area contributed by atoms with Crippen LogP contribution < -0.4 is 14.8 Å². The van der Waals surface area contributed by atoms with E-state index < -0.39 is 10.0 Å². The van der Waals surface area contributed by atoms with Gasteiger partial charge in [0.1, 0.15) is 17.1 Å². The molecule has 1 heterocycles. The molecule has 4 rings (SSSR count). The summed E-state index contributed by atoms with van der Waals surface area (Å²) in [4.78, 5) is 13.1. The zero-order valence-corrected chi connectivity index (χ0v) is 20.3. The van der Waals surface area contributed by atoms with Crippen LogP contribution in [0.25, 0.3) is 11.0 Å². The predicted octanol–water partition coefficient (Wildman–Crippen LogP) is 5.96. The van der Waals surface area contributed by atoms with Gasteiger partial charge in [0.25, 0.3) is 15.9 Å². The van der Waals surface area contributed by atoms with E-state index in [-0.39, 0.29) is 16.5 Å². The maximum atomic E-state index is 13.0. The molecule has 9 heteroatoms. The Labute approximate surface area is 199 Å². The summed E-state index contributed by atoms with van der Waals surface area (Å²) in [6.45, 7) is 4.03. The molecule has 0 fully saturated rings. The molecule has 7 nitrogen and oxygen atoms in total. The standard InChI is InChI=1S/C24H21BrN2O5S/c1-3-31-18-9-11-19(12-10-18)33(29,30)27-17-13-20-22(15(2)32-23(20)21(25)14-17)24(28)26-16-7-5-4-6-8-16/h4-14,27H,3H2,1-2H3,(H,26,28). The summed E-state index contributed by atoms with van der Waals surface area (Å²) < 4.78 is 40.1. The van der Waals surface area contributed by atoms with E-state index in [0.29, 0.717) is 44.8 Å². The van der Waals surface area contributed by atoms with Crippen LogP contribution >= 0.6 is 15.9 Å². The van der Waals surface area contributed by atoms with Crippen LogP contribution in [0.5, 0.6) is 5.75 Å². The number of ether oxygens (including phenoxy) is 1. The number of amides is 1. The number of hydrogen-bond acceptors (Lipinski definition) is 5. The number of furan rings is 1. The van der Waals surface area contributed by atoms with Gasteiger partial charge in [-0.3, -0.25) is 9.52 Å². The van der Waals surface area contributed by atoms with Gasteiger partial charge < -0.3 is 14.5 Å². The van der Waals surface area contributed by atoms with Crippen molar-refractivity contribution in [1.82, 2.24) is 0 Å². The van der Waals surface area contributed by atoms with Crippen molar-refractivity contribution in [2.45, 2.75) is 18.7 Å². The number of rotatable bonds is 7. The molecular formula is C24H21BrN2O5S. The highest BCUT2D eigenvalue weighted by Gasteiger charge is 2.22. The predicted molar refractivity (Wildman–Crippen MR) is 131 cm³/mol. The fourth-order valence-electron chi connectivity index (χ4n) is 3.43. The molecule has 33 heavy (non-hydrogen) atoms. The molecule has 0 spiro atoms. The van der Waals surface area contributed by atoms with Crippen molar-refractivity contribution in [2.75, 3.05) is 16.6 Å². The average molecular weight is 529 g/mol. The molecule has 0 radical (unpaired) electrons. The van der Waals surface area contributed by atoms with Crippen molar-refractivity contribution in [3.05, 3.63) is 82.5 Å². The molecule has 1 aromatic heterocycles. The number of halogens is 1. The maximum Gasteiger partial charge on any atom is 0.261 e. The Kier molecular flexibility index (Phi) is 6.44. The molecule has 1 amide bonds. The van der Waals surface area contributed by atoms with Crippen LogP contribution in [-0.4, -0.2) is 20.9 Å². The second-order valence-electron chi connectivity index (χ2n) is 7.20. The minimum atomic E-state index is -3.86. The Morgan fingerprint density at radius 1 is 1.03 bits per heavy atom. The lowest BCUT2D eigenvalue weighted by Gasteiger charge is -2.10. The smallest absolute Gasteiger partial charge is 0.261 e. The van der Waals surface area contributed by atoms with Crippen molar-refractivity contribution < 1.29 is 22.4 Å². The van der Waals surface area contributed by atoms with E-state index in [0.717, 1.165) is 0 Å². The number of hydrogen-bond donors (Lipinski definition) is 2. The first-order chi connectivity index (χ1) is 15.8. The molecule has 0 saturated carbocycles. The van der Waals surface area contributed by atoms with E-state index in [1.807, 2.05) is 25.1 Å². The largest absolute Gasteiger partial charge is 0.494 e. The molecule has 0 bridgehead atoms. The zero-order valence-electron chi connectivity index (χ0n) is 17.9. The van der Waals surface area contributed by atoms with Gasteiger partial charge in [-0.05, 0) is 78.3 Å². The summed E-state index contributed by atoms with van der Waals surface area (Å²) >= 11 is 3.42. The Morgan fingerprint density at radius 2 is 1.73 bits per heavy atom. The van der Waals surface area contributed by atoms with Gasteiger partial charge in [0.2, 0.25) is 0 Å². The second kappa shape index (κ2) is 9.29. The van der Waals surface area contributed by atoms with E-state index in [9.17, 15) is 13.2 Å². The van der Waals surface area contributed by atoms with Crippen LogP contribution in [0.2, 0.25) is 0 Å². The molecule has 2 N–H and O–H groups in total. The van der Waals surface area contributed by atoms with Crippen LogP contribution in [0, 0.1) is 6.92 Å². The summed E-state index contributed by atoms with van der Waals surface area (Å²) in [5.74, 6) is 0.657. The lowest BCUT2D eigenvalue weighted by Crippen LogP contribution is -2.14. The highest BCUT2D eigenvalue weighted by atomic mass is 79.9. The minimum Gasteiger partial charge on any atom is -0.494 e. The summed E-state index contributed by atoms with van der Waals surface area (Å²) in [5.41, 5.74) is 1.71. The quantitative estimate of drug-likeness (QED) is 0.308.